The third-order valence-corrected chi connectivity index (χ3v) is 3.17. The molecule has 1 aromatic heterocycles. The number of hydrogen-bond acceptors (Lipinski definition) is 3. The maximum atomic E-state index is 11.1. The van der Waals surface area contributed by atoms with E-state index >= 15 is 0 Å². The van der Waals surface area contributed by atoms with Gasteiger partial charge >= 0.3 is 5.97 Å². The molecule has 1 atom stereocenters. The van der Waals surface area contributed by atoms with Crippen LogP contribution in [0.15, 0.2) is 36.7 Å². The third kappa shape index (κ3) is 3.29. The zero-order chi connectivity index (χ0) is 13.7. The molecule has 0 amide bonds. The van der Waals surface area contributed by atoms with Crippen LogP contribution in [0.3, 0.4) is 0 Å². The standard InChI is InChI=1S/C15H18N2O2/c1-2-5-14(15(18)19)17-10-12-9-16-8-11-6-3-4-7-13(11)12/h3-4,6-9,14,17H,2,5,10H2,1H3,(H,18,19). The van der Waals surface area contributed by atoms with Crippen molar-refractivity contribution >= 4 is 16.7 Å². The fourth-order valence-electron chi connectivity index (χ4n) is 2.15. The summed E-state index contributed by atoms with van der Waals surface area (Å²) in [6.07, 6.45) is 5.09. The molecule has 0 spiro atoms. The summed E-state index contributed by atoms with van der Waals surface area (Å²) in [5.74, 6) is -0.796. The van der Waals surface area contributed by atoms with Gasteiger partial charge in [-0.05, 0) is 17.4 Å². The van der Waals surface area contributed by atoms with E-state index < -0.39 is 12.0 Å². The Labute approximate surface area is 112 Å². The normalized spacial score (nSPS) is 12.5. The SMILES string of the molecule is CCCC(NCc1cncc2ccccc12)C(=O)O. The Bertz CT molecular complexity index is 564. The Morgan fingerprint density at radius 3 is 2.89 bits per heavy atom. The van der Waals surface area contributed by atoms with Crippen LogP contribution in [-0.2, 0) is 11.3 Å². The summed E-state index contributed by atoms with van der Waals surface area (Å²) in [4.78, 5) is 15.3. The largest absolute Gasteiger partial charge is 0.480 e. The van der Waals surface area contributed by atoms with E-state index in [9.17, 15) is 4.79 Å². The van der Waals surface area contributed by atoms with E-state index in [-0.39, 0.29) is 0 Å². The van der Waals surface area contributed by atoms with Crippen LogP contribution in [0.1, 0.15) is 25.3 Å². The lowest BCUT2D eigenvalue weighted by Gasteiger charge is -2.14. The number of pyridine rings is 1. The number of fused-ring (bicyclic) bond motifs is 1. The molecule has 1 heterocycles. The van der Waals surface area contributed by atoms with Crippen molar-refractivity contribution in [3.8, 4) is 0 Å². The molecule has 0 radical (unpaired) electrons. The molecular formula is C15H18N2O2. The van der Waals surface area contributed by atoms with Crippen LogP contribution < -0.4 is 5.32 Å². The summed E-state index contributed by atoms with van der Waals surface area (Å²) in [5, 5.41) is 14.4. The molecule has 0 aliphatic heterocycles. The van der Waals surface area contributed by atoms with Gasteiger partial charge in [0.05, 0.1) is 0 Å². The monoisotopic (exact) mass is 258 g/mol. The molecule has 0 fully saturated rings. The molecule has 1 unspecified atom stereocenters. The van der Waals surface area contributed by atoms with Gasteiger partial charge in [0, 0.05) is 24.3 Å². The Balaban J connectivity index is 2.15. The lowest BCUT2D eigenvalue weighted by molar-refractivity contribution is -0.139. The van der Waals surface area contributed by atoms with Crippen LogP contribution in [0.5, 0.6) is 0 Å². The first kappa shape index (κ1) is 13.5. The Kier molecular flexibility index (Phi) is 4.47. The molecule has 100 valence electrons. The van der Waals surface area contributed by atoms with Gasteiger partial charge in [0.15, 0.2) is 0 Å². The minimum Gasteiger partial charge on any atom is -0.480 e. The number of carboxylic acids is 1. The second-order valence-electron chi connectivity index (χ2n) is 4.58. The molecule has 0 aliphatic rings. The van der Waals surface area contributed by atoms with Crippen LogP contribution >= 0.6 is 0 Å². The van der Waals surface area contributed by atoms with Gasteiger partial charge in [0.25, 0.3) is 0 Å². The fourth-order valence-corrected chi connectivity index (χ4v) is 2.15. The molecule has 0 aliphatic carbocycles. The topological polar surface area (TPSA) is 62.2 Å². The molecular weight excluding hydrogens is 240 g/mol. The van der Waals surface area contributed by atoms with Crippen molar-refractivity contribution in [1.82, 2.24) is 10.3 Å². The first-order valence-corrected chi connectivity index (χ1v) is 6.50. The lowest BCUT2D eigenvalue weighted by atomic mass is 10.1. The summed E-state index contributed by atoms with van der Waals surface area (Å²) in [6, 6.07) is 7.49. The third-order valence-electron chi connectivity index (χ3n) is 3.17. The van der Waals surface area contributed by atoms with Gasteiger partial charge in [-0.2, -0.15) is 0 Å². The first-order chi connectivity index (χ1) is 9.22. The number of aromatic nitrogens is 1. The number of carbonyl (C=O) groups is 1. The summed E-state index contributed by atoms with van der Waals surface area (Å²) in [6.45, 7) is 2.50. The van der Waals surface area contributed by atoms with Crippen LogP contribution in [-0.4, -0.2) is 22.1 Å². The first-order valence-electron chi connectivity index (χ1n) is 6.50. The molecule has 4 nitrogen and oxygen atoms in total. The highest BCUT2D eigenvalue weighted by Crippen LogP contribution is 2.17. The highest BCUT2D eigenvalue weighted by Gasteiger charge is 2.15. The number of aliphatic carboxylic acids is 1. The number of nitrogens with one attached hydrogen (secondary N) is 1. The zero-order valence-electron chi connectivity index (χ0n) is 11.0. The van der Waals surface area contributed by atoms with Gasteiger partial charge in [0.1, 0.15) is 6.04 Å². The lowest BCUT2D eigenvalue weighted by Crippen LogP contribution is -2.36. The molecule has 19 heavy (non-hydrogen) atoms. The van der Waals surface area contributed by atoms with Crippen molar-refractivity contribution in [2.75, 3.05) is 0 Å². The second kappa shape index (κ2) is 6.29. The zero-order valence-corrected chi connectivity index (χ0v) is 11.0. The Hall–Kier alpha value is -1.94. The van der Waals surface area contributed by atoms with Gasteiger partial charge in [-0.15, -0.1) is 0 Å². The number of nitrogens with zero attached hydrogens (tertiary/aromatic N) is 1. The van der Waals surface area contributed by atoms with Gasteiger partial charge in [-0.3, -0.25) is 9.78 Å². The van der Waals surface area contributed by atoms with E-state index in [4.69, 9.17) is 5.11 Å². The minimum atomic E-state index is -0.796. The summed E-state index contributed by atoms with van der Waals surface area (Å²) in [5.41, 5.74) is 1.03. The van der Waals surface area contributed by atoms with Gasteiger partial charge < -0.3 is 10.4 Å². The maximum Gasteiger partial charge on any atom is 0.320 e. The number of carboxylic acid groups (broad SMARTS) is 1. The van der Waals surface area contributed by atoms with E-state index in [1.165, 1.54) is 0 Å². The van der Waals surface area contributed by atoms with Gasteiger partial charge in [-0.1, -0.05) is 37.6 Å². The quantitative estimate of drug-likeness (QED) is 0.836. The predicted molar refractivity (Wildman–Crippen MR) is 74.9 cm³/mol. The van der Waals surface area contributed by atoms with Crippen LogP contribution in [0.4, 0.5) is 0 Å². The average molecular weight is 258 g/mol. The van der Waals surface area contributed by atoms with Crippen molar-refractivity contribution in [2.45, 2.75) is 32.4 Å². The molecule has 0 saturated heterocycles. The molecule has 0 saturated carbocycles. The van der Waals surface area contributed by atoms with Gasteiger partial charge in [0.2, 0.25) is 0 Å². The summed E-state index contributed by atoms with van der Waals surface area (Å²) in [7, 11) is 0. The summed E-state index contributed by atoms with van der Waals surface area (Å²) >= 11 is 0. The maximum absolute atomic E-state index is 11.1. The molecule has 2 aromatic rings. The van der Waals surface area contributed by atoms with Crippen molar-refractivity contribution < 1.29 is 9.90 Å². The van der Waals surface area contributed by atoms with Crippen molar-refractivity contribution in [3.05, 3.63) is 42.2 Å². The highest BCUT2D eigenvalue weighted by molar-refractivity contribution is 5.84. The van der Waals surface area contributed by atoms with Crippen LogP contribution in [0.2, 0.25) is 0 Å². The van der Waals surface area contributed by atoms with E-state index in [1.54, 1.807) is 6.20 Å². The van der Waals surface area contributed by atoms with Crippen LogP contribution in [0, 0.1) is 0 Å². The van der Waals surface area contributed by atoms with Gasteiger partial charge in [-0.25, -0.2) is 0 Å². The molecule has 4 heteroatoms. The molecule has 2 rings (SSSR count). The second-order valence-corrected chi connectivity index (χ2v) is 4.58. The fraction of sp³-hybridized carbons (Fsp3) is 0.333. The number of rotatable bonds is 6. The van der Waals surface area contributed by atoms with Crippen molar-refractivity contribution in [3.63, 3.8) is 0 Å². The molecule has 0 bridgehead atoms. The van der Waals surface area contributed by atoms with E-state index in [0.29, 0.717) is 13.0 Å². The molecule has 1 aromatic carbocycles. The Morgan fingerprint density at radius 1 is 1.37 bits per heavy atom. The average Bonchev–Trinajstić information content (AvgIpc) is 2.43. The number of hydrogen-bond donors (Lipinski definition) is 2. The van der Waals surface area contributed by atoms with E-state index in [0.717, 1.165) is 22.8 Å². The minimum absolute atomic E-state index is 0.496. The smallest absolute Gasteiger partial charge is 0.320 e. The Morgan fingerprint density at radius 2 is 2.16 bits per heavy atom. The number of benzene rings is 1. The highest BCUT2D eigenvalue weighted by atomic mass is 16.4. The molecule has 2 N–H and O–H groups in total. The van der Waals surface area contributed by atoms with Crippen molar-refractivity contribution in [2.24, 2.45) is 0 Å². The van der Waals surface area contributed by atoms with E-state index in [1.807, 2.05) is 37.4 Å². The van der Waals surface area contributed by atoms with Crippen LogP contribution in [0.25, 0.3) is 10.8 Å². The summed E-state index contributed by atoms with van der Waals surface area (Å²) < 4.78 is 0. The predicted octanol–water partition coefficient (Wildman–Crippen LogP) is 2.58. The van der Waals surface area contributed by atoms with E-state index in [2.05, 4.69) is 10.3 Å². The van der Waals surface area contributed by atoms with Crippen molar-refractivity contribution in [1.29, 1.82) is 0 Å².